The first kappa shape index (κ1) is 24.0. The van der Waals surface area contributed by atoms with Gasteiger partial charge in [-0.2, -0.15) is 0 Å². The molecule has 1 saturated carbocycles. The number of benzene rings is 1. The number of rotatable bonds is 8. The van der Waals surface area contributed by atoms with Gasteiger partial charge in [0.05, 0.1) is 28.7 Å². The third-order valence-electron chi connectivity index (χ3n) is 5.80. The molecular formula is C24H27N5O4S2. The number of aromatic nitrogens is 1. The predicted octanol–water partition coefficient (Wildman–Crippen LogP) is 3.40. The molecular weight excluding hydrogens is 486 g/mol. The molecule has 0 bridgehead atoms. The number of morpholine rings is 1. The number of thioether (sulfide) groups is 1. The van der Waals surface area contributed by atoms with Gasteiger partial charge in [0.15, 0.2) is 10.3 Å². The molecule has 2 amide bonds. The normalized spacial score (nSPS) is 20.9. The molecule has 0 radical (unpaired) electrons. The van der Waals surface area contributed by atoms with E-state index in [-0.39, 0.29) is 17.7 Å². The van der Waals surface area contributed by atoms with Crippen molar-refractivity contribution in [3.63, 3.8) is 0 Å². The average Bonchev–Trinajstić information content (AvgIpc) is 3.53. The maximum Gasteiger partial charge on any atom is 0.264 e. The number of amidine groups is 1. The molecule has 1 aromatic heterocycles. The zero-order valence-corrected chi connectivity index (χ0v) is 21.0. The highest BCUT2D eigenvalue weighted by atomic mass is 32.2. The van der Waals surface area contributed by atoms with Crippen molar-refractivity contribution in [2.75, 3.05) is 44.8 Å². The summed E-state index contributed by atoms with van der Waals surface area (Å²) in [7, 11) is 0. The van der Waals surface area contributed by atoms with Crippen molar-refractivity contribution in [2.24, 2.45) is 10.9 Å². The second-order valence-electron chi connectivity index (χ2n) is 8.56. The Bertz CT molecular complexity index is 1170. The van der Waals surface area contributed by atoms with Gasteiger partial charge in [-0.05, 0) is 61.4 Å². The van der Waals surface area contributed by atoms with Crippen molar-refractivity contribution < 1.29 is 19.1 Å². The number of hydrogen-bond acceptors (Lipinski definition) is 9. The van der Waals surface area contributed by atoms with Crippen molar-refractivity contribution in [3.05, 3.63) is 39.7 Å². The van der Waals surface area contributed by atoms with Gasteiger partial charge in [0.1, 0.15) is 12.4 Å². The standard InChI is InChI=1S/C24H27N5O4S2/c1-15-12-17(33-11-8-29-6-9-32-10-7-29)4-5-19(15)26-24-28-22(31)20(35-24)13-18-14-25-23(34-18)27-21(30)16-2-3-16/h4-5,12-14,16H,2-3,6-11H2,1H3,(H,25,27,30)(H,26,28,31)/b20-13-. The first-order chi connectivity index (χ1) is 17.0. The number of aliphatic imine (C=N–C) groups is 1. The maximum absolute atomic E-state index is 12.5. The number of nitrogens with zero attached hydrogens (tertiary/aromatic N) is 3. The zero-order chi connectivity index (χ0) is 24.2. The summed E-state index contributed by atoms with van der Waals surface area (Å²) >= 11 is 2.63. The smallest absolute Gasteiger partial charge is 0.264 e. The first-order valence-corrected chi connectivity index (χ1v) is 13.3. The topological polar surface area (TPSA) is 105 Å². The van der Waals surface area contributed by atoms with E-state index in [1.54, 1.807) is 12.3 Å². The second-order valence-corrected chi connectivity index (χ2v) is 10.7. The number of thiazole rings is 1. The molecule has 2 aliphatic heterocycles. The van der Waals surface area contributed by atoms with Crippen LogP contribution in [0.4, 0.5) is 10.8 Å². The minimum Gasteiger partial charge on any atom is -0.492 e. The lowest BCUT2D eigenvalue weighted by atomic mass is 10.2. The fourth-order valence-corrected chi connectivity index (χ4v) is 5.31. The molecule has 3 heterocycles. The summed E-state index contributed by atoms with van der Waals surface area (Å²) < 4.78 is 11.3. The van der Waals surface area contributed by atoms with Gasteiger partial charge < -0.3 is 20.1 Å². The predicted molar refractivity (Wildman–Crippen MR) is 138 cm³/mol. The minimum atomic E-state index is -0.202. The number of ether oxygens (including phenoxy) is 2. The van der Waals surface area contributed by atoms with E-state index in [0.717, 1.165) is 67.6 Å². The Morgan fingerprint density at radius 1 is 1.37 bits per heavy atom. The quantitative estimate of drug-likeness (QED) is 0.521. The molecule has 0 spiro atoms. The van der Waals surface area contributed by atoms with Gasteiger partial charge in [0.2, 0.25) is 5.91 Å². The number of hydrogen-bond donors (Lipinski definition) is 2. The Labute approximate surface area is 212 Å². The Morgan fingerprint density at radius 2 is 2.20 bits per heavy atom. The van der Waals surface area contributed by atoms with Gasteiger partial charge in [-0.3, -0.25) is 14.5 Å². The number of anilines is 1. The second kappa shape index (κ2) is 10.9. The molecule has 2 N–H and O–H groups in total. The van der Waals surface area contributed by atoms with Gasteiger partial charge in [-0.25, -0.2) is 9.98 Å². The van der Waals surface area contributed by atoms with Gasteiger partial charge in [-0.15, -0.1) is 0 Å². The van der Waals surface area contributed by atoms with E-state index >= 15 is 0 Å². The van der Waals surface area contributed by atoms with Crippen LogP contribution in [0, 0.1) is 12.8 Å². The van der Waals surface area contributed by atoms with Crippen molar-refractivity contribution in [1.82, 2.24) is 15.2 Å². The molecule has 3 fully saturated rings. The SMILES string of the molecule is Cc1cc(OCCN2CCOCC2)ccc1/N=C1/NC(=O)/C(=C/c2cnc(NC(=O)C3CC3)s2)S1. The summed E-state index contributed by atoms with van der Waals surface area (Å²) in [6, 6.07) is 5.77. The van der Waals surface area contributed by atoms with Crippen LogP contribution in [0.1, 0.15) is 23.3 Å². The minimum absolute atomic E-state index is 0.0184. The van der Waals surface area contributed by atoms with E-state index in [2.05, 4.69) is 25.5 Å². The molecule has 1 aromatic carbocycles. The zero-order valence-electron chi connectivity index (χ0n) is 19.4. The Hall–Kier alpha value is -2.73. The van der Waals surface area contributed by atoms with Crippen molar-refractivity contribution in [3.8, 4) is 5.75 Å². The monoisotopic (exact) mass is 513 g/mol. The number of carbonyl (C=O) groups excluding carboxylic acids is 2. The molecule has 184 valence electrons. The van der Waals surface area contributed by atoms with Crippen LogP contribution in [0.3, 0.4) is 0 Å². The summed E-state index contributed by atoms with van der Waals surface area (Å²) in [5, 5.41) is 6.73. The highest BCUT2D eigenvalue weighted by Crippen LogP contribution is 2.33. The van der Waals surface area contributed by atoms with Crippen LogP contribution < -0.4 is 15.4 Å². The van der Waals surface area contributed by atoms with Crippen LogP contribution in [-0.2, 0) is 14.3 Å². The molecule has 1 aliphatic carbocycles. The molecule has 5 rings (SSSR count). The molecule has 2 saturated heterocycles. The lowest BCUT2D eigenvalue weighted by Gasteiger charge is -2.26. The Kier molecular flexibility index (Phi) is 7.47. The maximum atomic E-state index is 12.5. The van der Waals surface area contributed by atoms with Crippen LogP contribution in [0.15, 0.2) is 34.3 Å². The average molecular weight is 514 g/mol. The molecule has 9 nitrogen and oxygen atoms in total. The summed E-state index contributed by atoms with van der Waals surface area (Å²) in [6.45, 7) is 6.92. The van der Waals surface area contributed by atoms with E-state index in [1.165, 1.54) is 23.1 Å². The van der Waals surface area contributed by atoms with Gasteiger partial charge in [-0.1, -0.05) is 11.3 Å². The third-order valence-corrected chi connectivity index (χ3v) is 7.57. The number of nitrogens with one attached hydrogen (secondary N) is 2. The highest BCUT2D eigenvalue weighted by Gasteiger charge is 2.30. The molecule has 0 unspecified atom stereocenters. The van der Waals surface area contributed by atoms with Crippen LogP contribution in [0.25, 0.3) is 6.08 Å². The molecule has 35 heavy (non-hydrogen) atoms. The number of amides is 2. The highest BCUT2D eigenvalue weighted by molar-refractivity contribution is 8.18. The Morgan fingerprint density at radius 3 is 2.97 bits per heavy atom. The van der Waals surface area contributed by atoms with E-state index in [1.807, 2.05) is 25.1 Å². The lowest BCUT2D eigenvalue weighted by molar-refractivity contribution is -0.117. The van der Waals surface area contributed by atoms with E-state index in [9.17, 15) is 9.59 Å². The van der Waals surface area contributed by atoms with Crippen LogP contribution >= 0.6 is 23.1 Å². The summed E-state index contributed by atoms with van der Waals surface area (Å²) in [6.07, 6.45) is 5.31. The van der Waals surface area contributed by atoms with Crippen molar-refractivity contribution in [1.29, 1.82) is 0 Å². The fourth-order valence-electron chi connectivity index (χ4n) is 3.64. The summed E-state index contributed by atoms with van der Waals surface area (Å²) in [5.74, 6) is 0.740. The van der Waals surface area contributed by atoms with Gasteiger partial charge in [0, 0.05) is 31.7 Å². The van der Waals surface area contributed by atoms with Crippen LogP contribution in [-0.4, -0.2) is 66.3 Å². The van der Waals surface area contributed by atoms with Crippen molar-refractivity contribution in [2.45, 2.75) is 19.8 Å². The lowest BCUT2D eigenvalue weighted by Crippen LogP contribution is -2.38. The summed E-state index contributed by atoms with van der Waals surface area (Å²) in [5.41, 5.74) is 1.74. The molecule has 11 heteroatoms. The third kappa shape index (κ3) is 6.49. The number of carbonyl (C=O) groups is 2. The molecule has 3 aliphatic rings. The van der Waals surface area contributed by atoms with Gasteiger partial charge >= 0.3 is 0 Å². The van der Waals surface area contributed by atoms with E-state index in [0.29, 0.717) is 21.8 Å². The fraction of sp³-hybridized carbons (Fsp3) is 0.417. The van der Waals surface area contributed by atoms with Gasteiger partial charge in [0.25, 0.3) is 5.91 Å². The van der Waals surface area contributed by atoms with Crippen LogP contribution in [0.2, 0.25) is 0 Å². The largest absolute Gasteiger partial charge is 0.492 e. The van der Waals surface area contributed by atoms with Crippen LogP contribution in [0.5, 0.6) is 5.75 Å². The van der Waals surface area contributed by atoms with E-state index < -0.39 is 0 Å². The first-order valence-electron chi connectivity index (χ1n) is 11.6. The number of aryl methyl sites for hydroxylation is 1. The van der Waals surface area contributed by atoms with E-state index in [4.69, 9.17) is 9.47 Å². The Balaban J connectivity index is 1.17. The molecule has 0 atom stereocenters. The summed E-state index contributed by atoms with van der Waals surface area (Å²) in [4.78, 5) is 36.9. The molecule has 2 aromatic rings. The van der Waals surface area contributed by atoms with Crippen molar-refractivity contribution >= 4 is 57.0 Å².